The number of carbonyl (C=O) groups excluding carboxylic acids is 3. The number of nitrogens with zero attached hydrogens (tertiary/aromatic N) is 2. The van der Waals surface area contributed by atoms with Crippen LogP contribution in [-0.2, 0) is 34.0 Å². The van der Waals surface area contributed by atoms with E-state index in [4.69, 9.17) is 16.3 Å². The fraction of sp³-hybridized carbons (Fsp3) is 0.348. The van der Waals surface area contributed by atoms with Gasteiger partial charge in [-0.3, -0.25) is 9.59 Å². The van der Waals surface area contributed by atoms with Crippen LogP contribution < -0.4 is 5.32 Å². The number of halogens is 2. The van der Waals surface area contributed by atoms with Gasteiger partial charge in [-0.2, -0.15) is 0 Å². The van der Waals surface area contributed by atoms with Gasteiger partial charge in [-0.1, -0.05) is 23.7 Å². The largest absolute Gasteiger partial charge is 0.454 e. The first-order chi connectivity index (χ1) is 17.0. The number of rotatable bonds is 7. The van der Waals surface area contributed by atoms with Gasteiger partial charge in [0.1, 0.15) is 21.6 Å². The third kappa shape index (κ3) is 4.82. The number of hydrogen-bond acceptors (Lipinski definition) is 7. The Hall–Kier alpha value is -2.67. The van der Waals surface area contributed by atoms with Crippen LogP contribution in [0.4, 0.5) is 10.1 Å². The second kappa shape index (κ2) is 10.0. The van der Waals surface area contributed by atoms with Crippen LogP contribution in [-0.4, -0.2) is 67.9 Å². The maximum Gasteiger partial charge on any atom is 0.330 e. The predicted octanol–water partition coefficient (Wildman–Crippen LogP) is 2.80. The number of benzene rings is 2. The van der Waals surface area contributed by atoms with E-state index in [0.717, 1.165) is 9.87 Å². The molecule has 2 aromatic carbocycles. The summed E-state index contributed by atoms with van der Waals surface area (Å²) in [6.07, 6.45) is 0.713. The minimum atomic E-state index is -3.84. The third-order valence-electron chi connectivity index (χ3n) is 6.01. The average Bonchev–Trinajstić information content (AvgIpc) is 3.38. The number of nitrogens with one attached hydrogen (secondary N) is 1. The molecule has 4 rings (SSSR count). The van der Waals surface area contributed by atoms with E-state index in [-0.39, 0.29) is 33.7 Å². The minimum absolute atomic E-state index is 0.00761. The van der Waals surface area contributed by atoms with Crippen molar-refractivity contribution in [3.8, 4) is 0 Å². The predicted molar refractivity (Wildman–Crippen MR) is 132 cm³/mol. The number of carbonyl (C=O) groups is 3. The Labute approximate surface area is 217 Å². The topological polar surface area (TPSA) is 113 Å². The lowest BCUT2D eigenvalue weighted by atomic mass is 10.0. The van der Waals surface area contributed by atoms with Crippen LogP contribution in [0.5, 0.6) is 0 Å². The highest BCUT2D eigenvalue weighted by molar-refractivity contribution is 8.00. The fourth-order valence-electron chi connectivity index (χ4n) is 4.23. The molecule has 36 heavy (non-hydrogen) atoms. The molecule has 2 aromatic rings. The quantitative estimate of drug-likeness (QED) is 0.523. The molecule has 0 saturated carbocycles. The van der Waals surface area contributed by atoms with E-state index < -0.39 is 45.2 Å². The van der Waals surface area contributed by atoms with Crippen LogP contribution in [0.1, 0.15) is 18.4 Å². The Morgan fingerprint density at radius 3 is 2.61 bits per heavy atom. The van der Waals surface area contributed by atoms with E-state index in [0.29, 0.717) is 6.42 Å². The van der Waals surface area contributed by atoms with Gasteiger partial charge < -0.3 is 15.0 Å². The molecule has 13 heteroatoms. The Morgan fingerprint density at radius 1 is 1.25 bits per heavy atom. The molecule has 2 saturated heterocycles. The summed E-state index contributed by atoms with van der Waals surface area (Å²) in [7, 11) is -1.13. The van der Waals surface area contributed by atoms with Crippen LogP contribution in [0.15, 0.2) is 47.4 Å². The molecule has 0 spiro atoms. The summed E-state index contributed by atoms with van der Waals surface area (Å²) < 4.78 is 44.5. The van der Waals surface area contributed by atoms with Gasteiger partial charge in [0.15, 0.2) is 6.61 Å². The van der Waals surface area contributed by atoms with Crippen LogP contribution in [0.25, 0.3) is 0 Å². The molecule has 192 valence electrons. The number of amides is 2. The maximum absolute atomic E-state index is 13.4. The van der Waals surface area contributed by atoms with E-state index in [2.05, 4.69) is 5.32 Å². The molecular weight excluding hydrogens is 533 g/mol. The Kier molecular flexibility index (Phi) is 7.33. The molecule has 2 heterocycles. The first kappa shape index (κ1) is 26.4. The van der Waals surface area contributed by atoms with E-state index in [9.17, 15) is 27.2 Å². The molecule has 0 unspecified atom stereocenters. The molecule has 0 aromatic heterocycles. The first-order valence-corrected chi connectivity index (χ1v) is 13.7. The molecule has 1 N–H and O–H groups in total. The Balaban J connectivity index is 1.42. The Bertz CT molecular complexity index is 1320. The number of anilines is 1. The van der Waals surface area contributed by atoms with E-state index >= 15 is 0 Å². The van der Waals surface area contributed by atoms with Gasteiger partial charge in [-0.15, -0.1) is 11.8 Å². The normalized spacial score (nSPS) is 21.5. The van der Waals surface area contributed by atoms with Gasteiger partial charge in [0.05, 0.1) is 5.02 Å². The molecule has 2 aliphatic heterocycles. The molecule has 2 atom stereocenters. The van der Waals surface area contributed by atoms with Crippen molar-refractivity contribution in [2.24, 2.45) is 0 Å². The number of esters is 1. The summed E-state index contributed by atoms with van der Waals surface area (Å²) in [6, 6.07) is 8.91. The second-order valence-electron chi connectivity index (χ2n) is 8.47. The van der Waals surface area contributed by atoms with E-state index in [1.165, 1.54) is 61.1 Å². The van der Waals surface area contributed by atoms with Crippen LogP contribution in [0.2, 0.25) is 5.02 Å². The van der Waals surface area contributed by atoms with Crippen molar-refractivity contribution in [2.45, 2.75) is 28.6 Å². The van der Waals surface area contributed by atoms with Crippen molar-refractivity contribution in [1.29, 1.82) is 0 Å². The van der Waals surface area contributed by atoms with Gasteiger partial charge in [-0.05, 0) is 42.3 Å². The highest BCUT2D eigenvalue weighted by Crippen LogP contribution is 2.54. The first-order valence-electron chi connectivity index (χ1n) is 10.9. The Morgan fingerprint density at radius 2 is 1.94 bits per heavy atom. The molecule has 2 fully saturated rings. The van der Waals surface area contributed by atoms with Gasteiger partial charge in [0, 0.05) is 32.0 Å². The summed E-state index contributed by atoms with van der Waals surface area (Å²) in [5, 5.41) is 2.47. The molecule has 0 bridgehead atoms. The number of fused-ring (bicyclic) bond motifs is 1. The minimum Gasteiger partial charge on any atom is -0.454 e. The number of thioether (sulfide) groups is 1. The monoisotopic (exact) mass is 555 g/mol. The van der Waals surface area contributed by atoms with Crippen LogP contribution in [0, 0.1) is 5.82 Å². The summed E-state index contributed by atoms with van der Waals surface area (Å²) >= 11 is 7.43. The van der Waals surface area contributed by atoms with Crippen molar-refractivity contribution >= 4 is 56.9 Å². The molecule has 0 radical (unpaired) electrons. The van der Waals surface area contributed by atoms with Crippen molar-refractivity contribution in [2.75, 3.05) is 31.8 Å². The zero-order valence-electron chi connectivity index (χ0n) is 19.4. The molecule has 2 aliphatic rings. The highest BCUT2D eigenvalue weighted by Gasteiger charge is 2.57. The zero-order valence-corrected chi connectivity index (χ0v) is 21.8. The number of ether oxygens (including phenoxy) is 1. The second-order valence-corrected chi connectivity index (χ2v) is 12.3. The summed E-state index contributed by atoms with van der Waals surface area (Å²) in [5.41, 5.74) is 0.876. The summed E-state index contributed by atoms with van der Waals surface area (Å²) in [6.45, 7) is -0.635. The van der Waals surface area contributed by atoms with Crippen molar-refractivity contribution in [3.63, 3.8) is 0 Å². The number of hydrogen-bond donors (Lipinski definition) is 1. The third-order valence-corrected chi connectivity index (χ3v) is 9.91. The van der Waals surface area contributed by atoms with Crippen molar-refractivity contribution in [3.05, 3.63) is 58.9 Å². The smallest absolute Gasteiger partial charge is 0.330 e. The van der Waals surface area contributed by atoms with Crippen molar-refractivity contribution < 1.29 is 31.9 Å². The molecular formula is C23H23ClFN3O6S2. The highest BCUT2D eigenvalue weighted by atomic mass is 35.5. The summed E-state index contributed by atoms with van der Waals surface area (Å²) in [4.78, 5) is 38.4. The maximum atomic E-state index is 13.4. The standard InChI is InChI=1S/C23H23ClFN3O6S2/c1-27(2)36(32,33)19-11-16(7-8-17(19)24)26-20(29)12-34-22(31)18-13-35-23(10-9-21(30)28(18)23)14-3-5-15(25)6-4-14/h3-8,11,18H,9-10,12-13H2,1-2H3,(H,26,29)/t18-,23-/m1/s1. The lowest BCUT2D eigenvalue weighted by Gasteiger charge is -2.33. The lowest BCUT2D eigenvalue weighted by Crippen LogP contribution is -2.47. The summed E-state index contributed by atoms with van der Waals surface area (Å²) in [5.74, 6) is -1.77. The van der Waals surface area contributed by atoms with Crippen molar-refractivity contribution in [1.82, 2.24) is 9.21 Å². The zero-order chi connectivity index (χ0) is 26.3. The van der Waals surface area contributed by atoms with E-state index in [1.54, 1.807) is 12.1 Å². The van der Waals surface area contributed by atoms with Crippen LogP contribution >= 0.6 is 23.4 Å². The SMILES string of the molecule is CN(C)S(=O)(=O)c1cc(NC(=O)COC(=O)[C@H]2CS[C@@]3(c4ccc(F)cc4)CCC(=O)N23)ccc1Cl. The lowest BCUT2D eigenvalue weighted by molar-refractivity contribution is -0.155. The van der Waals surface area contributed by atoms with Gasteiger partial charge >= 0.3 is 5.97 Å². The van der Waals surface area contributed by atoms with Gasteiger partial charge in [-0.25, -0.2) is 21.9 Å². The van der Waals surface area contributed by atoms with Gasteiger partial charge in [0.2, 0.25) is 15.9 Å². The average molecular weight is 556 g/mol. The molecule has 0 aliphatic carbocycles. The van der Waals surface area contributed by atoms with Gasteiger partial charge in [0.25, 0.3) is 5.91 Å². The molecule has 2 amide bonds. The van der Waals surface area contributed by atoms with Crippen LogP contribution in [0.3, 0.4) is 0 Å². The fourth-order valence-corrected chi connectivity index (χ4v) is 7.26. The molecule has 9 nitrogen and oxygen atoms in total. The van der Waals surface area contributed by atoms with E-state index in [1.807, 2.05) is 0 Å². The number of sulfonamides is 1.